The van der Waals surface area contributed by atoms with E-state index in [1.54, 1.807) is 35.7 Å². The van der Waals surface area contributed by atoms with Crippen LogP contribution in [0.4, 0.5) is 5.69 Å². The van der Waals surface area contributed by atoms with Gasteiger partial charge in [-0.15, -0.1) is 0 Å². The summed E-state index contributed by atoms with van der Waals surface area (Å²) in [5, 5.41) is 14.9. The van der Waals surface area contributed by atoms with Crippen LogP contribution in [-0.4, -0.2) is 17.0 Å². The summed E-state index contributed by atoms with van der Waals surface area (Å²) in [6, 6.07) is 8.69. The van der Waals surface area contributed by atoms with Crippen molar-refractivity contribution < 1.29 is 14.7 Å². The summed E-state index contributed by atoms with van der Waals surface area (Å²) in [6.45, 7) is 0. The van der Waals surface area contributed by atoms with Crippen molar-refractivity contribution in [1.82, 2.24) is 0 Å². The maximum absolute atomic E-state index is 11.8. The minimum Gasteiger partial charge on any atom is -0.478 e. The largest absolute Gasteiger partial charge is 0.478 e. The lowest BCUT2D eigenvalue weighted by atomic mass is 10.2. The molecule has 96 valence electrons. The van der Waals surface area contributed by atoms with Crippen molar-refractivity contribution in [2.24, 2.45) is 0 Å². The van der Waals surface area contributed by atoms with Crippen LogP contribution in [0.5, 0.6) is 0 Å². The molecular weight excluding hydrogens is 262 g/mol. The molecule has 0 atom stereocenters. The lowest BCUT2D eigenvalue weighted by molar-refractivity contribution is -0.131. The second-order valence-corrected chi connectivity index (χ2v) is 4.54. The average Bonchev–Trinajstić information content (AvgIpc) is 2.92. The van der Waals surface area contributed by atoms with Crippen molar-refractivity contribution in [3.05, 3.63) is 58.3 Å². The molecule has 0 unspecified atom stereocenters. The molecule has 0 spiro atoms. The minimum atomic E-state index is -0.991. The highest BCUT2D eigenvalue weighted by molar-refractivity contribution is 7.08. The Morgan fingerprint density at radius 3 is 2.47 bits per heavy atom. The summed E-state index contributed by atoms with van der Waals surface area (Å²) in [4.78, 5) is 22.2. The summed E-state index contributed by atoms with van der Waals surface area (Å²) in [7, 11) is 0. The molecule has 4 nitrogen and oxygen atoms in total. The van der Waals surface area contributed by atoms with Crippen LogP contribution in [0.1, 0.15) is 15.9 Å². The van der Waals surface area contributed by atoms with Gasteiger partial charge in [-0.3, -0.25) is 4.79 Å². The third kappa shape index (κ3) is 3.79. The maximum atomic E-state index is 11.8. The van der Waals surface area contributed by atoms with E-state index in [0.717, 1.165) is 11.6 Å². The topological polar surface area (TPSA) is 66.4 Å². The van der Waals surface area contributed by atoms with Crippen LogP contribution in [0.2, 0.25) is 0 Å². The Bertz CT molecular complexity index is 600. The highest BCUT2D eigenvalue weighted by Crippen LogP contribution is 2.13. The standard InChI is InChI=1S/C14H11NO3S/c16-13(17)6-3-10-1-4-12(5-2-10)15-14(18)11-7-8-19-9-11/h1-9H,(H,15,18)(H,16,17)/b6-3+. The number of anilines is 1. The molecule has 0 aliphatic heterocycles. The normalized spacial score (nSPS) is 10.5. The number of benzene rings is 1. The molecule has 0 radical (unpaired) electrons. The Kier molecular flexibility index (Phi) is 4.10. The van der Waals surface area contributed by atoms with Gasteiger partial charge in [0, 0.05) is 17.1 Å². The smallest absolute Gasteiger partial charge is 0.328 e. The molecule has 1 aromatic heterocycles. The molecule has 0 aliphatic carbocycles. The fourth-order valence-electron chi connectivity index (χ4n) is 1.44. The molecule has 0 aliphatic rings. The SMILES string of the molecule is O=C(O)/C=C/c1ccc(NC(=O)c2ccsc2)cc1. The van der Waals surface area contributed by atoms with Crippen molar-refractivity contribution in [3.8, 4) is 0 Å². The molecular formula is C14H11NO3S. The monoisotopic (exact) mass is 273 g/mol. The van der Waals surface area contributed by atoms with Gasteiger partial charge in [0.2, 0.25) is 0 Å². The van der Waals surface area contributed by atoms with Gasteiger partial charge < -0.3 is 10.4 Å². The van der Waals surface area contributed by atoms with E-state index in [4.69, 9.17) is 5.11 Å². The highest BCUT2D eigenvalue weighted by atomic mass is 32.1. The van der Waals surface area contributed by atoms with Gasteiger partial charge in [-0.25, -0.2) is 4.79 Å². The lowest BCUT2D eigenvalue weighted by Crippen LogP contribution is -2.10. The number of carboxylic acids is 1. The van der Waals surface area contributed by atoms with Crippen molar-refractivity contribution in [2.45, 2.75) is 0 Å². The van der Waals surface area contributed by atoms with Crippen LogP contribution in [-0.2, 0) is 4.79 Å². The number of carbonyl (C=O) groups excluding carboxylic acids is 1. The van der Waals surface area contributed by atoms with Crippen LogP contribution in [0.25, 0.3) is 6.08 Å². The zero-order valence-corrected chi connectivity index (χ0v) is 10.7. The van der Waals surface area contributed by atoms with Crippen LogP contribution >= 0.6 is 11.3 Å². The van der Waals surface area contributed by atoms with Crippen molar-refractivity contribution in [3.63, 3.8) is 0 Å². The summed E-state index contributed by atoms with van der Waals surface area (Å²) in [5.74, 6) is -1.15. The summed E-state index contributed by atoms with van der Waals surface area (Å²) in [6.07, 6.45) is 2.56. The molecule has 2 aromatic rings. The summed E-state index contributed by atoms with van der Waals surface area (Å²) < 4.78 is 0. The van der Waals surface area contributed by atoms with Crippen molar-refractivity contribution in [2.75, 3.05) is 5.32 Å². The fraction of sp³-hybridized carbons (Fsp3) is 0. The quantitative estimate of drug-likeness (QED) is 0.841. The summed E-state index contributed by atoms with van der Waals surface area (Å²) >= 11 is 1.46. The number of carboxylic acid groups (broad SMARTS) is 1. The molecule has 2 N–H and O–H groups in total. The van der Waals surface area contributed by atoms with E-state index in [1.807, 2.05) is 5.38 Å². The average molecular weight is 273 g/mol. The second kappa shape index (κ2) is 5.97. The van der Waals surface area contributed by atoms with Crippen molar-refractivity contribution >= 4 is 35.0 Å². The van der Waals surface area contributed by atoms with Gasteiger partial charge in [-0.2, -0.15) is 11.3 Å². The molecule has 5 heteroatoms. The minimum absolute atomic E-state index is 0.157. The molecule has 0 saturated carbocycles. The van der Waals surface area contributed by atoms with Gasteiger partial charge in [-0.1, -0.05) is 12.1 Å². The summed E-state index contributed by atoms with van der Waals surface area (Å²) in [5.41, 5.74) is 2.06. The maximum Gasteiger partial charge on any atom is 0.328 e. The fourth-order valence-corrected chi connectivity index (χ4v) is 2.08. The molecule has 1 amide bonds. The number of aliphatic carboxylic acids is 1. The van der Waals surface area contributed by atoms with Gasteiger partial charge >= 0.3 is 5.97 Å². The number of thiophene rings is 1. The van der Waals surface area contributed by atoms with E-state index in [0.29, 0.717) is 11.3 Å². The Labute approximate surface area is 114 Å². The van der Waals surface area contributed by atoms with Gasteiger partial charge in [0.15, 0.2) is 0 Å². The highest BCUT2D eigenvalue weighted by Gasteiger charge is 2.05. The predicted molar refractivity (Wildman–Crippen MR) is 75.4 cm³/mol. The molecule has 0 fully saturated rings. The van der Waals surface area contributed by atoms with E-state index in [-0.39, 0.29) is 5.91 Å². The zero-order chi connectivity index (χ0) is 13.7. The predicted octanol–water partition coefficient (Wildman–Crippen LogP) is 3.10. The van der Waals surface area contributed by atoms with Gasteiger partial charge in [-0.05, 0) is 35.2 Å². The van der Waals surface area contributed by atoms with E-state index in [2.05, 4.69) is 5.32 Å². The number of nitrogens with one attached hydrogen (secondary N) is 1. The van der Waals surface area contributed by atoms with E-state index in [1.165, 1.54) is 17.4 Å². The Morgan fingerprint density at radius 2 is 1.89 bits per heavy atom. The van der Waals surface area contributed by atoms with Crippen LogP contribution < -0.4 is 5.32 Å². The molecule has 2 rings (SSSR count). The molecule has 1 aromatic carbocycles. The Balaban J connectivity index is 2.03. The molecule has 1 heterocycles. The number of hydrogen-bond donors (Lipinski definition) is 2. The number of carbonyl (C=O) groups is 2. The lowest BCUT2D eigenvalue weighted by Gasteiger charge is -2.03. The first-order chi connectivity index (χ1) is 9.15. The van der Waals surface area contributed by atoms with Crippen LogP contribution in [0.15, 0.2) is 47.2 Å². The second-order valence-electron chi connectivity index (χ2n) is 3.76. The third-order valence-corrected chi connectivity index (χ3v) is 3.05. The third-order valence-electron chi connectivity index (χ3n) is 2.37. The Hall–Kier alpha value is -2.40. The van der Waals surface area contributed by atoms with Crippen LogP contribution in [0.3, 0.4) is 0 Å². The van der Waals surface area contributed by atoms with E-state index < -0.39 is 5.97 Å². The van der Waals surface area contributed by atoms with E-state index in [9.17, 15) is 9.59 Å². The number of amides is 1. The first-order valence-corrected chi connectivity index (χ1v) is 6.44. The van der Waals surface area contributed by atoms with Crippen molar-refractivity contribution in [1.29, 1.82) is 0 Å². The van der Waals surface area contributed by atoms with E-state index >= 15 is 0 Å². The number of hydrogen-bond acceptors (Lipinski definition) is 3. The van der Waals surface area contributed by atoms with Gasteiger partial charge in [0.05, 0.1) is 5.56 Å². The molecule has 0 bridgehead atoms. The van der Waals surface area contributed by atoms with Gasteiger partial charge in [0.25, 0.3) is 5.91 Å². The van der Waals surface area contributed by atoms with Crippen LogP contribution in [0, 0.1) is 0 Å². The number of rotatable bonds is 4. The molecule has 0 saturated heterocycles. The molecule has 19 heavy (non-hydrogen) atoms. The first kappa shape index (κ1) is 13.0. The first-order valence-electron chi connectivity index (χ1n) is 5.50. The zero-order valence-electron chi connectivity index (χ0n) is 9.87. The van der Waals surface area contributed by atoms with Gasteiger partial charge in [0.1, 0.15) is 0 Å². The Morgan fingerprint density at radius 1 is 1.16 bits per heavy atom.